The molecule has 0 saturated heterocycles. The van der Waals surface area contributed by atoms with Gasteiger partial charge >= 0.3 is 0 Å². The van der Waals surface area contributed by atoms with Crippen molar-refractivity contribution in [1.82, 2.24) is 4.98 Å². The van der Waals surface area contributed by atoms with E-state index in [1.54, 1.807) is 0 Å². The molecule has 0 atom stereocenters. The summed E-state index contributed by atoms with van der Waals surface area (Å²) in [6.07, 6.45) is 2.71. The van der Waals surface area contributed by atoms with Crippen molar-refractivity contribution in [3.8, 4) is 22.6 Å². The Morgan fingerprint density at radius 2 is 1.77 bits per heavy atom. The maximum absolute atomic E-state index is 14.8. The van der Waals surface area contributed by atoms with Gasteiger partial charge in [-0.2, -0.15) is 0 Å². The lowest BCUT2D eigenvalue weighted by atomic mass is 9.96. The number of aromatic nitrogens is 1. The molecular formula is C23H18FNO. The highest BCUT2D eigenvalue weighted by Gasteiger charge is 2.22. The highest BCUT2D eigenvalue weighted by molar-refractivity contribution is 5.81. The minimum Gasteiger partial charge on any atom is -0.433 e. The maximum Gasteiger partial charge on any atom is 0.227 e. The van der Waals surface area contributed by atoms with Crippen LogP contribution in [-0.2, 0) is 12.8 Å². The van der Waals surface area contributed by atoms with Gasteiger partial charge in [-0.05, 0) is 66.1 Å². The smallest absolute Gasteiger partial charge is 0.227 e. The Morgan fingerprint density at radius 3 is 2.62 bits per heavy atom. The molecule has 3 heteroatoms. The first kappa shape index (κ1) is 15.3. The highest BCUT2D eigenvalue weighted by Crippen LogP contribution is 2.36. The zero-order valence-corrected chi connectivity index (χ0v) is 14.6. The van der Waals surface area contributed by atoms with Crippen molar-refractivity contribution in [2.75, 3.05) is 0 Å². The van der Waals surface area contributed by atoms with E-state index in [0.29, 0.717) is 11.4 Å². The normalized spacial score (nSPS) is 13.3. The van der Waals surface area contributed by atoms with Crippen molar-refractivity contribution in [1.29, 1.82) is 0 Å². The van der Waals surface area contributed by atoms with Gasteiger partial charge in [0.1, 0.15) is 5.52 Å². The highest BCUT2D eigenvalue weighted by atomic mass is 19.1. The summed E-state index contributed by atoms with van der Waals surface area (Å²) in [5.74, 6) is 0.253. The van der Waals surface area contributed by atoms with Crippen molar-refractivity contribution in [2.45, 2.75) is 26.2 Å². The molecular weight excluding hydrogens is 325 g/mol. The van der Waals surface area contributed by atoms with E-state index < -0.39 is 0 Å². The second-order valence-corrected chi connectivity index (χ2v) is 6.89. The summed E-state index contributed by atoms with van der Waals surface area (Å²) in [6.45, 7) is 2.06. The first-order valence-electron chi connectivity index (χ1n) is 8.98. The van der Waals surface area contributed by atoms with E-state index in [9.17, 15) is 4.39 Å². The van der Waals surface area contributed by atoms with E-state index in [1.807, 2.05) is 36.4 Å². The number of benzene rings is 3. The van der Waals surface area contributed by atoms with Gasteiger partial charge in [-0.1, -0.05) is 42.5 Å². The average molecular weight is 343 g/mol. The summed E-state index contributed by atoms with van der Waals surface area (Å²) in [5, 5.41) is 0. The van der Waals surface area contributed by atoms with E-state index >= 15 is 0 Å². The van der Waals surface area contributed by atoms with Gasteiger partial charge in [0.25, 0.3) is 0 Å². The van der Waals surface area contributed by atoms with Crippen LogP contribution in [-0.4, -0.2) is 4.98 Å². The predicted octanol–water partition coefficient (Wildman–Crippen LogP) is 6.10. The molecule has 1 aliphatic rings. The standard InChI is InChI=1S/C23H18FNO/c1-14-17(15-7-3-2-4-8-15)10-6-11-18(14)23-25-20-13-16-9-5-12-19(16)21(24)22(20)26-23/h2-4,6-8,10-11,13H,5,9,12H2,1H3. The summed E-state index contributed by atoms with van der Waals surface area (Å²) in [5.41, 5.74) is 7.04. The van der Waals surface area contributed by atoms with Crippen molar-refractivity contribution in [3.05, 3.63) is 77.1 Å². The largest absolute Gasteiger partial charge is 0.433 e. The van der Waals surface area contributed by atoms with Crippen LogP contribution < -0.4 is 0 Å². The minimum absolute atomic E-state index is 0.231. The summed E-state index contributed by atoms with van der Waals surface area (Å²) in [7, 11) is 0. The van der Waals surface area contributed by atoms with Gasteiger partial charge in [0.05, 0.1) is 0 Å². The van der Waals surface area contributed by atoms with E-state index in [-0.39, 0.29) is 11.4 Å². The quantitative estimate of drug-likeness (QED) is 0.440. The van der Waals surface area contributed by atoms with Crippen LogP contribution >= 0.6 is 0 Å². The maximum atomic E-state index is 14.8. The minimum atomic E-state index is -0.231. The Morgan fingerprint density at radius 1 is 0.962 bits per heavy atom. The van der Waals surface area contributed by atoms with E-state index in [4.69, 9.17) is 4.42 Å². The lowest BCUT2D eigenvalue weighted by molar-refractivity contribution is 0.557. The van der Waals surface area contributed by atoms with Crippen LogP contribution in [0.5, 0.6) is 0 Å². The number of halogens is 1. The molecule has 2 nitrogen and oxygen atoms in total. The molecule has 1 aliphatic carbocycles. The zero-order valence-electron chi connectivity index (χ0n) is 14.6. The second-order valence-electron chi connectivity index (χ2n) is 6.89. The first-order chi connectivity index (χ1) is 12.7. The predicted molar refractivity (Wildman–Crippen MR) is 102 cm³/mol. The number of aryl methyl sites for hydroxylation is 1. The number of hydrogen-bond donors (Lipinski definition) is 0. The number of oxazole rings is 1. The van der Waals surface area contributed by atoms with Crippen LogP contribution in [0.25, 0.3) is 33.7 Å². The van der Waals surface area contributed by atoms with Crippen LogP contribution in [0.15, 0.2) is 59.0 Å². The number of nitrogens with zero attached hydrogens (tertiary/aromatic N) is 1. The molecule has 128 valence electrons. The molecule has 0 amide bonds. The average Bonchev–Trinajstić information content (AvgIpc) is 3.30. The second kappa shape index (κ2) is 5.80. The van der Waals surface area contributed by atoms with Crippen LogP contribution in [0, 0.1) is 12.7 Å². The topological polar surface area (TPSA) is 26.0 Å². The molecule has 5 rings (SSSR count). The van der Waals surface area contributed by atoms with Gasteiger partial charge in [-0.25, -0.2) is 9.37 Å². The molecule has 26 heavy (non-hydrogen) atoms. The van der Waals surface area contributed by atoms with Gasteiger partial charge in [0.15, 0.2) is 11.4 Å². The monoisotopic (exact) mass is 343 g/mol. The summed E-state index contributed by atoms with van der Waals surface area (Å²) in [4.78, 5) is 4.61. The Balaban J connectivity index is 1.68. The summed E-state index contributed by atoms with van der Waals surface area (Å²) >= 11 is 0. The fourth-order valence-electron chi connectivity index (χ4n) is 3.98. The van der Waals surface area contributed by atoms with Crippen LogP contribution in [0.4, 0.5) is 4.39 Å². The Bertz CT molecular complexity index is 1130. The van der Waals surface area contributed by atoms with Gasteiger partial charge in [-0.3, -0.25) is 0 Å². The molecule has 0 spiro atoms. The number of rotatable bonds is 2. The molecule has 0 N–H and O–H groups in total. The lowest BCUT2D eigenvalue weighted by Crippen LogP contribution is -1.89. The van der Waals surface area contributed by atoms with Crippen molar-refractivity contribution in [2.24, 2.45) is 0 Å². The fraction of sp³-hybridized carbons (Fsp3) is 0.174. The molecule has 0 aliphatic heterocycles. The van der Waals surface area contributed by atoms with Gasteiger partial charge in [0, 0.05) is 5.56 Å². The number of hydrogen-bond acceptors (Lipinski definition) is 2. The number of fused-ring (bicyclic) bond motifs is 2. The third-order valence-electron chi connectivity index (χ3n) is 5.34. The molecule has 4 aromatic rings. The third kappa shape index (κ3) is 2.27. The molecule has 3 aromatic carbocycles. The fourth-order valence-corrected chi connectivity index (χ4v) is 3.98. The summed E-state index contributed by atoms with van der Waals surface area (Å²) in [6, 6.07) is 18.3. The molecule has 0 bridgehead atoms. The Kier molecular flexibility index (Phi) is 3.42. The van der Waals surface area contributed by atoms with Gasteiger partial charge in [-0.15, -0.1) is 0 Å². The van der Waals surface area contributed by atoms with E-state index in [2.05, 4.69) is 30.1 Å². The molecule has 1 heterocycles. The summed E-state index contributed by atoms with van der Waals surface area (Å²) < 4.78 is 20.7. The van der Waals surface area contributed by atoms with E-state index in [0.717, 1.165) is 52.6 Å². The van der Waals surface area contributed by atoms with Crippen LogP contribution in [0.3, 0.4) is 0 Å². The Labute approximate surface area is 151 Å². The SMILES string of the molecule is Cc1c(-c2ccccc2)cccc1-c1nc2cc3c(c(F)c2o1)CCC3. The first-order valence-corrected chi connectivity index (χ1v) is 8.98. The molecule has 0 unspecified atom stereocenters. The molecule has 0 fully saturated rings. The Hall–Kier alpha value is -2.94. The van der Waals surface area contributed by atoms with Crippen LogP contribution in [0.1, 0.15) is 23.1 Å². The molecule has 0 radical (unpaired) electrons. The third-order valence-corrected chi connectivity index (χ3v) is 5.34. The van der Waals surface area contributed by atoms with Crippen molar-refractivity contribution in [3.63, 3.8) is 0 Å². The lowest BCUT2D eigenvalue weighted by Gasteiger charge is -2.09. The van der Waals surface area contributed by atoms with Crippen molar-refractivity contribution >= 4 is 11.1 Å². The van der Waals surface area contributed by atoms with Gasteiger partial charge < -0.3 is 4.42 Å². The van der Waals surface area contributed by atoms with Crippen LogP contribution in [0.2, 0.25) is 0 Å². The van der Waals surface area contributed by atoms with Crippen molar-refractivity contribution < 1.29 is 8.81 Å². The molecule has 1 aromatic heterocycles. The molecule has 0 saturated carbocycles. The van der Waals surface area contributed by atoms with Gasteiger partial charge in [0.2, 0.25) is 5.89 Å². The van der Waals surface area contributed by atoms with E-state index in [1.165, 1.54) is 0 Å². The zero-order chi connectivity index (χ0) is 17.7.